The van der Waals surface area contributed by atoms with Crippen molar-refractivity contribution < 1.29 is 8.81 Å². The normalized spacial score (nSPS) is 10.9. The van der Waals surface area contributed by atoms with Crippen LogP contribution in [0.25, 0.3) is 0 Å². The van der Waals surface area contributed by atoms with E-state index in [1.165, 1.54) is 6.07 Å². The van der Waals surface area contributed by atoms with Gasteiger partial charge < -0.3 is 14.6 Å². The van der Waals surface area contributed by atoms with E-state index < -0.39 is 0 Å². The molecule has 0 amide bonds. The summed E-state index contributed by atoms with van der Waals surface area (Å²) in [5.74, 6) is 0.174. The van der Waals surface area contributed by atoms with Crippen molar-refractivity contribution in [1.29, 1.82) is 0 Å². The molecular formula is C12H15FN4O. The van der Waals surface area contributed by atoms with Gasteiger partial charge in [0.15, 0.2) is 0 Å². The molecule has 0 spiro atoms. The van der Waals surface area contributed by atoms with Crippen molar-refractivity contribution in [2.45, 2.75) is 6.42 Å². The van der Waals surface area contributed by atoms with E-state index in [0.29, 0.717) is 18.0 Å². The molecule has 0 radical (unpaired) electrons. The molecule has 0 aliphatic heterocycles. The van der Waals surface area contributed by atoms with Crippen molar-refractivity contribution in [2.24, 2.45) is 0 Å². The van der Waals surface area contributed by atoms with Crippen LogP contribution < -0.4 is 5.32 Å². The van der Waals surface area contributed by atoms with E-state index >= 15 is 0 Å². The standard InChI is InChI=1S/C12H15FN4O/c1-17(2)8-7-11-15-16-12(18-11)14-10-6-4-3-5-9(10)13/h3-6H,7-8H2,1-2H3,(H,14,16). The highest BCUT2D eigenvalue weighted by molar-refractivity contribution is 5.52. The van der Waals surface area contributed by atoms with E-state index in [1.54, 1.807) is 18.2 Å². The van der Waals surface area contributed by atoms with Crippen molar-refractivity contribution in [3.05, 3.63) is 36.0 Å². The molecule has 0 unspecified atom stereocenters. The van der Waals surface area contributed by atoms with Gasteiger partial charge in [0, 0.05) is 13.0 Å². The molecule has 6 heteroatoms. The summed E-state index contributed by atoms with van der Waals surface area (Å²) in [6.45, 7) is 0.821. The first-order chi connectivity index (χ1) is 8.65. The predicted molar refractivity (Wildman–Crippen MR) is 66.2 cm³/mol. The lowest BCUT2D eigenvalue weighted by Crippen LogP contribution is -2.15. The second kappa shape index (κ2) is 5.59. The second-order valence-electron chi connectivity index (χ2n) is 4.16. The second-order valence-corrected chi connectivity index (χ2v) is 4.16. The molecular weight excluding hydrogens is 235 g/mol. The molecule has 2 rings (SSSR count). The average Bonchev–Trinajstić information content (AvgIpc) is 2.77. The molecule has 96 valence electrons. The molecule has 1 heterocycles. The number of para-hydroxylation sites is 1. The fourth-order valence-corrected chi connectivity index (χ4v) is 1.40. The number of hydrogen-bond donors (Lipinski definition) is 1. The summed E-state index contributed by atoms with van der Waals surface area (Å²) in [6, 6.07) is 6.53. The number of hydrogen-bond acceptors (Lipinski definition) is 5. The smallest absolute Gasteiger partial charge is 0.320 e. The van der Waals surface area contributed by atoms with E-state index in [2.05, 4.69) is 15.5 Å². The van der Waals surface area contributed by atoms with E-state index in [-0.39, 0.29) is 11.8 Å². The summed E-state index contributed by atoms with van der Waals surface area (Å²) < 4.78 is 18.7. The number of aromatic nitrogens is 2. The summed E-state index contributed by atoms with van der Waals surface area (Å²) in [4.78, 5) is 2.02. The monoisotopic (exact) mass is 250 g/mol. The van der Waals surface area contributed by atoms with Crippen molar-refractivity contribution >= 4 is 11.7 Å². The molecule has 0 bridgehead atoms. The maximum Gasteiger partial charge on any atom is 0.320 e. The van der Waals surface area contributed by atoms with Crippen LogP contribution in [0.3, 0.4) is 0 Å². The van der Waals surface area contributed by atoms with Crippen LogP contribution in [0.15, 0.2) is 28.7 Å². The fourth-order valence-electron chi connectivity index (χ4n) is 1.40. The number of likely N-dealkylation sites (N-methyl/N-ethyl adjacent to an activating group) is 1. The molecule has 2 aromatic rings. The molecule has 0 aliphatic rings. The maximum absolute atomic E-state index is 13.4. The van der Waals surface area contributed by atoms with Crippen LogP contribution in [0.4, 0.5) is 16.1 Å². The molecule has 18 heavy (non-hydrogen) atoms. The predicted octanol–water partition coefficient (Wildman–Crippen LogP) is 2.06. The van der Waals surface area contributed by atoms with Crippen LogP contribution in [0.1, 0.15) is 5.89 Å². The van der Waals surface area contributed by atoms with Gasteiger partial charge in [-0.3, -0.25) is 0 Å². The number of halogens is 1. The Bertz CT molecular complexity index is 512. The highest BCUT2D eigenvalue weighted by atomic mass is 19.1. The first kappa shape index (κ1) is 12.5. The van der Waals surface area contributed by atoms with E-state index in [4.69, 9.17) is 4.42 Å². The zero-order valence-electron chi connectivity index (χ0n) is 10.4. The third-order valence-electron chi connectivity index (χ3n) is 2.36. The number of nitrogens with one attached hydrogen (secondary N) is 1. The first-order valence-corrected chi connectivity index (χ1v) is 5.64. The highest BCUT2D eigenvalue weighted by Gasteiger charge is 2.08. The minimum absolute atomic E-state index is 0.203. The van der Waals surface area contributed by atoms with Crippen molar-refractivity contribution in [3.8, 4) is 0 Å². The topological polar surface area (TPSA) is 54.2 Å². The van der Waals surface area contributed by atoms with Gasteiger partial charge in [-0.1, -0.05) is 17.2 Å². The van der Waals surface area contributed by atoms with Gasteiger partial charge in [-0.2, -0.15) is 0 Å². The summed E-state index contributed by atoms with van der Waals surface area (Å²) in [7, 11) is 3.93. The van der Waals surface area contributed by atoms with Crippen LogP contribution in [-0.2, 0) is 6.42 Å². The Labute approximate surface area is 105 Å². The van der Waals surface area contributed by atoms with Crippen molar-refractivity contribution in [1.82, 2.24) is 15.1 Å². The van der Waals surface area contributed by atoms with Crippen LogP contribution in [-0.4, -0.2) is 35.7 Å². The Morgan fingerprint density at radius 3 is 2.78 bits per heavy atom. The highest BCUT2D eigenvalue weighted by Crippen LogP contribution is 2.18. The number of rotatable bonds is 5. The lowest BCUT2D eigenvalue weighted by Gasteiger charge is -2.05. The Hall–Kier alpha value is -1.95. The molecule has 0 saturated carbocycles. The molecule has 0 saturated heterocycles. The quantitative estimate of drug-likeness (QED) is 0.880. The van der Waals surface area contributed by atoms with Gasteiger partial charge in [-0.15, -0.1) is 5.10 Å². The zero-order valence-corrected chi connectivity index (χ0v) is 10.4. The van der Waals surface area contributed by atoms with E-state index in [9.17, 15) is 4.39 Å². The maximum atomic E-state index is 13.4. The molecule has 1 aromatic heterocycles. The van der Waals surface area contributed by atoms with Gasteiger partial charge in [0.25, 0.3) is 0 Å². The summed E-state index contributed by atoms with van der Waals surface area (Å²) in [5.41, 5.74) is 0.320. The summed E-state index contributed by atoms with van der Waals surface area (Å²) in [6.07, 6.45) is 0.666. The van der Waals surface area contributed by atoms with Gasteiger partial charge in [-0.05, 0) is 26.2 Å². The third kappa shape index (κ3) is 3.27. The molecule has 0 atom stereocenters. The Balaban J connectivity index is 2.00. The van der Waals surface area contributed by atoms with Gasteiger partial charge >= 0.3 is 6.01 Å². The first-order valence-electron chi connectivity index (χ1n) is 5.64. The Morgan fingerprint density at radius 1 is 1.28 bits per heavy atom. The van der Waals surface area contributed by atoms with Crippen LogP contribution >= 0.6 is 0 Å². The minimum Gasteiger partial charge on any atom is -0.408 e. The van der Waals surface area contributed by atoms with Crippen LogP contribution in [0.5, 0.6) is 0 Å². The van der Waals surface area contributed by atoms with E-state index in [0.717, 1.165) is 6.54 Å². The van der Waals surface area contributed by atoms with Gasteiger partial charge in [0.1, 0.15) is 5.82 Å². The zero-order chi connectivity index (χ0) is 13.0. The molecule has 1 aromatic carbocycles. The van der Waals surface area contributed by atoms with Crippen molar-refractivity contribution in [3.63, 3.8) is 0 Å². The lowest BCUT2D eigenvalue weighted by atomic mass is 10.3. The minimum atomic E-state index is -0.356. The Kier molecular flexibility index (Phi) is 3.88. The number of benzene rings is 1. The largest absolute Gasteiger partial charge is 0.408 e. The molecule has 0 aliphatic carbocycles. The van der Waals surface area contributed by atoms with Crippen LogP contribution in [0.2, 0.25) is 0 Å². The van der Waals surface area contributed by atoms with Gasteiger partial charge in [0.2, 0.25) is 5.89 Å². The Morgan fingerprint density at radius 2 is 2.06 bits per heavy atom. The average molecular weight is 250 g/mol. The molecule has 0 fully saturated rings. The number of nitrogens with zero attached hydrogens (tertiary/aromatic N) is 3. The summed E-state index contributed by atoms with van der Waals surface area (Å²) in [5, 5.41) is 10.5. The van der Waals surface area contributed by atoms with Crippen molar-refractivity contribution in [2.75, 3.05) is 26.0 Å². The number of anilines is 2. The fraction of sp³-hybridized carbons (Fsp3) is 0.333. The van der Waals surface area contributed by atoms with Gasteiger partial charge in [-0.25, -0.2) is 4.39 Å². The summed E-state index contributed by atoms with van der Waals surface area (Å²) >= 11 is 0. The van der Waals surface area contributed by atoms with E-state index in [1.807, 2.05) is 19.0 Å². The lowest BCUT2D eigenvalue weighted by molar-refractivity contribution is 0.387. The van der Waals surface area contributed by atoms with Gasteiger partial charge in [0.05, 0.1) is 5.69 Å². The molecule has 1 N–H and O–H groups in total. The third-order valence-corrected chi connectivity index (χ3v) is 2.36. The van der Waals surface area contributed by atoms with Crippen LogP contribution in [0, 0.1) is 5.82 Å². The SMILES string of the molecule is CN(C)CCc1nnc(Nc2ccccc2F)o1. The molecule has 5 nitrogen and oxygen atoms in total.